The number of thiophene rings is 1. The van der Waals surface area contributed by atoms with E-state index in [0.29, 0.717) is 21.8 Å². The Morgan fingerprint density at radius 3 is 2.90 bits per heavy atom. The van der Waals surface area contributed by atoms with Crippen LogP contribution in [-0.2, 0) is 7.05 Å². The van der Waals surface area contributed by atoms with Gasteiger partial charge in [0.05, 0.1) is 16.3 Å². The number of nitrogens with zero attached hydrogens (tertiary/aromatic N) is 2. The van der Waals surface area contributed by atoms with Gasteiger partial charge in [0, 0.05) is 30.6 Å². The van der Waals surface area contributed by atoms with E-state index in [1.165, 1.54) is 11.3 Å². The highest BCUT2D eigenvalue weighted by Gasteiger charge is 2.16. The third-order valence-electron chi connectivity index (χ3n) is 3.20. The number of hydrogen-bond donors (Lipinski definition) is 0. The number of pyridine rings is 1. The fraction of sp³-hybridized carbons (Fsp3) is 0.0625. The van der Waals surface area contributed by atoms with E-state index in [1.807, 2.05) is 30.8 Å². The van der Waals surface area contributed by atoms with Gasteiger partial charge in [0.15, 0.2) is 0 Å². The molecule has 104 valence electrons. The van der Waals surface area contributed by atoms with Gasteiger partial charge in [0.1, 0.15) is 6.29 Å². The van der Waals surface area contributed by atoms with Gasteiger partial charge in [-0.15, -0.1) is 11.3 Å². The molecule has 3 aromatic rings. The second-order valence-corrected chi connectivity index (χ2v) is 5.57. The highest BCUT2D eigenvalue weighted by molar-refractivity contribution is 7.12. The third-order valence-corrected chi connectivity index (χ3v) is 4.07. The maximum atomic E-state index is 12.4. The minimum absolute atomic E-state index is 0.00899. The van der Waals surface area contributed by atoms with Crippen LogP contribution in [0.1, 0.15) is 25.7 Å². The van der Waals surface area contributed by atoms with E-state index in [0.717, 1.165) is 11.8 Å². The lowest BCUT2D eigenvalue weighted by Gasteiger charge is -1.98. The zero-order valence-electron chi connectivity index (χ0n) is 11.3. The summed E-state index contributed by atoms with van der Waals surface area (Å²) in [6.45, 7) is 0. The Morgan fingerprint density at radius 2 is 2.19 bits per heavy atom. The van der Waals surface area contributed by atoms with E-state index < -0.39 is 0 Å². The van der Waals surface area contributed by atoms with Crippen molar-refractivity contribution in [2.45, 2.75) is 0 Å². The first kappa shape index (κ1) is 13.5. The third kappa shape index (κ3) is 2.55. The van der Waals surface area contributed by atoms with Gasteiger partial charge in [-0.1, -0.05) is 6.07 Å². The lowest BCUT2D eigenvalue weighted by atomic mass is 10.1. The van der Waals surface area contributed by atoms with E-state index >= 15 is 0 Å². The van der Waals surface area contributed by atoms with Gasteiger partial charge in [0.25, 0.3) is 0 Å². The summed E-state index contributed by atoms with van der Waals surface area (Å²) in [6.07, 6.45) is 4.22. The molecule has 5 heteroatoms. The van der Waals surface area contributed by atoms with E-state index in [-0.39, 0.29) is 5.78 Å². The zero-order chi connectivity index (χ0) is 14.8. The number of carbonyl (C=O) groups is 2. The van der Waals surface area contributed by atoms with Gasteiger partial charge in [-0.25, -0.2) is 0 Å². The Bertz CT molecular complexity index is 804. The quantitative estimate of drug-likeness (QED) is 0.549. The molecule has 0 saturated heterocycles. The predicted molar refractivity (Wildman–Crippen MR) is 81.8 cm³/mol. The minimum atomic E-state index is -0.00899. The molecule has 0 spiro atoms. The lowest BCUT2D eigenvalue weighted by Crippen LogP contribution is -2.04. The molecule has 0 saturated carbocycles. The van der Waals surface area contributed by atoms with Crippen LogP contribution in [0.15, 0.2) is 48.1 Å². The summed E-state index contributed by atoms with van der Waals surface area (Å²) in [6, 6.07) is 8.83. The SMILES string of the molecule is Cn1cc(-c2cc(C=O)ccn2)cc1C(=O)c1cccs1. The fourth-order valence-electron chi connectivity index (χ4n) is 2.14. The molecule has 0 unspecified atom stereocenters. The van der Waals surface area contributed by atoms with E-state index in [4.69, 9.17) is 0 Å². The maximum absolute atomic E-state index is 12.4. The van der Waals surface area contributed by atoms with Gasteiger partial charge in [0.2, 0.25) is 5.78 Å². The smallest absolute Gasteiger partial charge is 0.219 e. The summed E-state index contributed by atoms with van der Waals surface area (Å²) >= 11 is 1.42. The van der Waals surface area contributed by atoms with Gasteiger partial charge in [-0.2, -0.15) is 0 Å². The molecule has 0 atom stereocenters. The van der Waals surface area contributed by atoms with E-state index in [9.17, 15) is 9.59 Å². The average molecular weight is 296 g/mol. The highest BCUT2D eigenvalue weighted by atomic mass is 32.1. The van der Waals surface area contributed by atoms with Crippen LogP contribution >= 0.6 is 11.3 Å². The zero-order valence-corrected chi connectivity index (χ0v) is 12.1. The first-order valence-corrected chi connectivity index (χ1v) is 7.23. The number of hydrogen-bond acceptors (Lipinski definition) is 4. The molecular weight excluding hydrogens is 284 g/mol. The van der Waals surface area contributed by atoms with Crippen LogP contribution in [0.2, 0.25) is 0 Å². The van der Waals surface area contributed by atoms with Crippen LogP contribution in [0.3, 0.4) is 0 Å². The van der Waals surface area contributed by atoms with Gasteiger partial charge in [-0.3, -0.25) is 14.6 Å². The second-order valence-electron chi connectivity index (χ2n) is 4.62. The Morgan fingerprint density at radius 1 is 1.33 bits per heavy atom. The predicted octanol–water partition coefficient (Wildman–Crippen LogP) is 3.19. The molecule has 3 aromatic heterocycles. The molecule has 0 bridgehead atoms. The number of aromatic nitrogens is 2. The second kappa shape index (κ2) is 5.46. The summed E-state index contributed by atoms with van der Waals surface area (Å²) in [5, 5.41) is 1.88. The molecule has 0 amide bonds. The molecule has 0 aliphatic heterocycles. The number of carbonyl (C=O) groups excluding carboxylic acids is 2. The Kier molecular flexibility index (Phi) is 3.50. The maximum Gasteiger partial charge on any atom is 0.219 e. The molecular formula is C16H12N2O2S. The minimum Gasteiger partial charge on any atom is -0.347 e. The molecule has 3 rings (SSSR count). The summed E-state index contributed by atoms with van der Waals surface area (Å²) in [7, 11) is 1.83. The van der Waals surface area contributed by atoms with Crippen LogP contribution in [0, 0.1) is 0 Å². The largest absolute Gasteiger partial charge is 0.347 e. The molecule has 0 N–H and O–H groups in total. The van der Waals surface area contributed by atoms with Crippen molar-refractivity contribution in [2.24, 2.45) is 7.05 Å². The topological polar surface area (TPSA) is 52.0 Å². The van der Waals surface area contributed by atoms with Crippen LogP contribution in [-0.4, -0.2) is 21.6 Å². The molecule has 0 fully saturated rings. The van der Waals surface area contributed by atoms with Crippen LogP contribution < -0.4 is 0 Å². The van der Waals surface area contributed by atoms with Crippen molar-refractivity contribution in [1.82, 2.24) is 9.55 Å². The van der Waals surface area contributed by atoms with Gasteiger partial charge < -0.3 is 4.57 Å². The molecule has 0 aromatic carbocycles. The molecule has 3 heterocycles. The number of rotatable bonds is 4. The molecule has 0 aliphatic rings. The van der Waals surface area contributed by atoms with Crippen molar-refractivity contribution in [3.05, 3.63) is 64.2 Å². The van der Waals surface area contributed by atoms with Crippen LogP contribution in [0.4, 0.5) is 0 Å². The van der Waals surface area contributed by atoms with Crippen molar-refractivity contribution < 1.29 is 9.59 Å². The fourth-order valence-corrected chi connectivity index (χ4v) is 2.81. The van der Waals surface area contributed by atoms with Crippen molar-refractivity contribution in [2.75, 3.05) is 0 Å². The lowest BCUT2D eigenvalue weighted by molar-refractivity contribution is 0.103. The standard InChI is InChI=1S/C16H12N2O2S/c1-18-9-12(13-7-11(10-19)4-5-17-13)8-14(18)16(20)15-3-2-6-21-15/h2-10H,1H3. The highest BCUT2D eigenvalue weighted by Crippen LogP contribution is 2.23. The normalized spacial score (nSPS) is 10.5. The van der Waals surface area contributed by atoms with Crippen LogP contribution in [0.5, 0.6) is 0 Å². The van der Waals surface area contributed by atoms with E-state index in [2.05, 4.69) is 4.98 Å². The monoisotopic (exact) mass is 296 g/mol. The summed E-state index contributed by atoms with van der Waals surface area (Å²) in [5.74, 6) is -0.00899. The number of aryl methyl sites for hydroxylation is 1. The van der Waals surface area contributed by atoms with Gasteiger partial charge in [-0.05, 0) is 29.6 Å². The first-order valence-electron chi connectivity index (χ1n) is 6.35. The summed E-state index contributed by atoms with van der Waals surface area (Å²) in [4.78, 5) is 28.2. The number of ketones is 1. The molecule has 0 radical (unpaired) electrons. The van der Waals surface area contributed by atoms with Crippen LogP contribution in [0.25, 0.3) is 11.3 Å². The van der Waals surface area contributed by atoms with Crippen molar-refractivity contribution in [1.29, 1.82) is 0 Å². The molecule has 4 nitrogen and oxygen atoms in total. The van der Waals surface area contributed by atoms with E-state index in [1.54, 1.807) is 29.0 Å². The summed E-state index contributed by atoms with van der Waals surface area (Å²) < 4.78 is 1.78. The summed E-state index contributed by atoms with van der Waals surface area (Å²) in [5.41, 5.74) is 2.67. The average Bonchev–Trinajstić information content (AvgIpc) is 3.16. The van der Waals surface area contributed by atoms with Crippen molar-refractivity contribution in [3.8, 4) is 11.3 Å². The first-order chi connectivity index (χ1) is 10.2. The Hall–Kier alpha value is -2.53. The van der Waals surface area contributed by atoms with Crippen molar-refractivity contribution >= 4 is 23.4 Å². The molecule has 21 heavy (non-hydrogen) atoms. The van der Waals surface area contributed by atoms with Gasteiger partial charge >= 0.3 is 0 Å². The number of aldehydes is 1. The Balaban J connectivity index is 2.01. The molecule has 0 aliphatic carbocycles. The van der Waals surface area contributed by atoms with Crippen molar-refractivity contribution in [3.63, 3.8) is 0 Å². The Labute approximate surface area is 125 Å².